The predicted octanol–water partition coefficient (Wildman–Crippen LogP) is 5.50. The molecule has 0 aliphatic heterocycles. The van der Waals surface area contributed by atoms with Crippen LogP contribution in [0.15, 0.2) is 36.4 Å². The summed E-state index contributed by atoms with van der Waals surface area (Å²) in [5.41, 5.74) is 4.91. The van der Waals surface area contributed by atoms with E-state index >= 15 is 0 Å². The Balaban J connectivity index is 2.33. The minimum absolute atomic E-state index is 0.123. The fraction of sp³-hybridized carbons (Fsp3) is 0.333. The molecule has 1 N–H and O–H groups in total. The zero-order valence-corrected chi connectivity index (χ0v) is 14.2. The van der Waals surface area contributed by atoms with Crippen molar-refractivity contribution in [2.24, 2.45) is 0 Å². The maximum atomic E-state index is 6.36. The fourth-order valence-electron chi connectivity index (χ4n) is 2.53. The minimum Gasteiger partial charge on any atom is -0.310 e. The first kappa shape index (κ1) is 16.4. The molecular formula is C18H21Cl2N. The van der Waals surface area contributed by atoms with E-state index in [9.17, 15) is 0 Å². The van der Waals surface area contributed by atoms with Crippen molar-refractivity contribution < 1.29 is 0 Å². The highest BCUT2D eigenvalue weighted by molar-refractivity contribution is 6.36. The van der Waals surface area contributed by atoms with Crippen LogP contribution in [0.3, 0.4) is 0 Å². The zero-order chi connectivity index (χ0) is 15.4. The van der Waals surface area contributed by atoms with Gasteiger partial charge >= 0.3 is 0 Å². The van der Waals surface area contributed by atoms with Crippen LogP contribution in [-0.2, 0) is 6.42 Å². The quantitative estimate of drug-likeness (QED) is 0.766. The molecule has 0 aliphatic rings. The standard InChI is InChI=1S/C18H21Cl2N/c1-4-21-17(18-15(19)6-5-7-16(18)20)11-14-9-8-12(2)13(3)10-14/h5-10,17,21H,4,11H2,1-3H3. The topological polar surface area (TPSA) is 12.0 Å². The molecule has 2 aromatic rings. The van der Waals surface area contributed by atoms with Gasteiger partial charge < -0.3 is 5.32 Å². The Morgan fingerprint density at radius 1 is 1.00 bits per heavy atom. The number of rotatable bonds is 5. The van der Waals surface area contributed by atoms with Crippen LogP contribution in [0.1, 0.15) is 35.2 Å². The van der Waals surface area contributed by atoms with Gasteiger partial charge in [0.15, 0.2) is 0 Å². The summed E-state index contributed by atoms with van der Waals surface area (Å²) < 4.78 is 0. The molecule has 3 heteroatoms. The average Bonchev–Trinajstić information content (AvgIpc) is 2.43. The third-order valence-electron chi connectivity index (χ3n) is 3.81. The summed E-state index contributed by atoms with van der Waals surface area (Å²) in [6, 6.07) is 12.4. The second kappa shape index (κ2) is 7.31. The lowest BCUT2D eigenvalue weighted by atomic mass is 9.96. The van der Waals surface area contributed by atoms with Gasteiger partial charge in [0.1, 0.15) is 0 Å². The zero-order valence-electron chi connectivity index (χ0n) is 12.7. The van der Waals surface area contributed by atoms with Crippen molar-refractivity contribution in [2.75, 3.05) is 6.54 Å². The monoisotopic (exact) mass is 321 g/mol. The third-order valence-corrected chi connectivity index (χ3v) is 4.47. The van der Waals surface area contributed by atoms with Gasteiger partial charge in [0.05, 0.1) is 0 Å². The van der Waals surface area contributed by atoms with Crippen LogP contribution in [0.25, 0.3) is 0 Å². The molecule has 0 bridgehead atoms. The van der Waals surface area contributed by atoms with Gasteiger partial charge in [-0.3, -0.25) is 0 Å². The maximum absolute atomic E-state index is 6.36. The molecule has 0 fully saturated rings. The molecule has 0 amide bonds. The number of nitrogens with one attached hydrogen (secondary N) is 1. The third kappa shape index (κ3) is 4.00. The number of halogens is 2. The summed E-state index contributed by atoms with van der Waals surface area (Å²) >= 11 is 12.7. The normalized spacial score (nSPS) is 12.4. The smallest absolute Gasteiger partial charge is 0.0468 e. The van der Waals surface area contributed by atoms with Gasteiger partial charge in [0.2, 0.25) is 0 Å². The van der Waals surface area contributed by atoms with Crippen LogP contribution in [-0.4, -0.2) is 6.54 Å². The summed E-state index contributed by atoms with van der Waals surface area (Å²) in [6.07, 6.45) is 0.873. The van der Waals surface area contributed by atoms with Crippen LogP contribution >= 0.6 is 23.2 Å². The van der Waals surface area contributed by atoms with E-state index in [0.717, 1.165) is 28.6 Å². The average molecular weight is 322 g/mol. The number of hydrogen-bond acceptors (Lipinski definition) is 1. The fourth-order valence-corrected chi connectivity index (χ4v) is 3.19. The largest absolute Gasteiger partial charge is 0.310 e. The van der Waals surface area contributed by atoms with Crippen LogP contribution < -0.4 is 5.32 Å². The summed E-state index contributed by atoms with van der Waals surface area (Å²) in [5, 5.41) is 4.93. The number of benzene rings is 2. The van der Waals surface area contributed by atoms with E-state index in [1.54, 1.807) is 0 Å². The Labute approximate surface area is 137 Å². The summed E-state index contributed by atoms with van der Waals surface area (Å²) in [7, 11) is 0. The Hall–Kier alpha value is -1.02. The van der Waals surface area contributed by atoms with E-state index in [1.165, 1.54) is 16.7 Å². The molecule has 2 aromatic carbocycles. The van der Waals surface area contributed by atoms with E-state index < -0.39 is 0 Å². The van der Waals surface area contributed by atoms with Crippen LogP contribution in [0, 0.1) is 13.8 Å². The highest BCUT2D eigenvalue weighted by Gasteiger charge is 2.17. The van der Waals surface area contributed by atoms with E-state index in [-0.39, 0.29) is 6.04 Å². The van der Waals surface area contributed by atoms with Gasteiger partial charge in [-0.2, -0.15) is 0 Å². The van der Waals surface area contributed by atoms with Crippen molar-refractivity contribution in [2.45, 2.75) is 33.2 Å². The second-order valence-corrected chi connectivity index (χ2v) is 6.18. The summed E-state index contributed by atoms with van der Waals surface area (Å²) in [6.45, 7) is 7.24. The van der Waals surface area contributed by atoms with Gasteiger partial charge in [-0.25, -0.2) is 0 Å². The molecule has 0 spiro atoms. The van der Waals surface area contributed by atoms with Gasteiger partial charge in [0, 0.05) is 21.7 Å². The van der Waals surface area contributed by atoms with Gasteiger partial charge in [-0.15, -0.1) is 0 Å². The highest BCUT2D eigenvalue weighted by Crippen LogP contribution is 2.32. The number of hydrogen-bond donors (Lipinski definition) is 1. The molecule has 0 saturated carbocycles. The molecule has 2 rings (SSSR count). The second-order valence-electron chi connectivity index (χ2n) is 5.37. The number of likely N-dealkylation sites (N-methyl/N-ethyl adjacent to an activating group) is 1. The predicted molar refractivity (Wildman–Crippen MR) is 92.5 cm³/mol. The number of aryl methyl sites for hydroxylation is 2. The lowest BCUT2D eigenvalue weighted by Gasteiger charge is -2.21. The van der Waals surface area contributed by atoms with Crippen LogP contribution in [0.2, 0.25) is 10.0 Å². The van der Waals surface area contributed by atoms with Crippen molar-refractivity contribution in [3.63, 3.8) is 0 Å². The Kier molecular flexibility index (Phi) is 5.69. The molecule has 1 unspecified atom stereocenters. The molecule has 112 valence electrons. The first-order chi connectivity index (χ1) is 10.0. The van der Waals surface area contributed by atoms with Crippen molar-refractivity contribution in [3.05, 3.63) is 68.7 Å². The molecule has 0 heterocycles. The van der Waals surface area contributed by atoms with E-state index in [1.807, 2.05) is 18.2 Å². The van der Waals surface area contributed by atoms with Crippen LogP contribution in [0.4, 0.5) is 0 Å². The first-order valence-corrected chi connectivity index (χ1v) is 8.02. The Morgan fingerprint density at radius 2 is 1.67 bits per heavy atom. The lowest BCUT2D eigenvalue weighted by Crippen LogP contribution is -2.23. The minimum atomic E-state index is 0.123. The van der Waals surface area contributed by atoms with Crippen molar-refractivity contribution in [1.82, 2.24) is 5.32 Å². The molecule has 0 saturated heterocycles. The van der Waals surface area contributed by atoms with Gasteiger partial charge in [-0.05, 0) is 55.6 Å². The van der Waals surface area contributed by atoms with E-state index in [0.29, 0.717) is 0 Å². The van der Waals surface area contributed by atoms with Crippen LogP contribution in [0.5, 0.6) is 0 Å². The van der Waals surface area contributed by atoms with Gasteiger partial charge in [-0.1, -0.05) is 54.4 Å². The molecule has 1 atom stereocenters. The molecule has 1 nitrogen and oxygen atoms in total. The first-order valence-electron chi connectivity index (χ1n) is 7.26. The SMILES string of the molecule is CCNC(Cc1ccc(C)c(C)c1)c1c(Cl)cccc1Cl. The summed E-state index contributed by atoms with van der Waals surface area (Å²) in [4.78, 5) is 0. The van der Waals surface area contributed by atoms with E-state index in [4.69, 9.17) is 23.2 Å². The van der Waals surface area contributed by atoms with Gasteiger partial charge in [0.25, 0.3) is 0 Å². The molecule has 0 aromatic heterocycles. The highest BCUT2D eigenvalue weighted by atomic mass is 35.5. The molecule has 0 aliphatic carbocycles. The molecule has 21 heavy (non-hydrogen) atoms. The van der Waals surface area contributed by atoms with Crippen molar-refractivity contribution in [1.29, 1.82) is 0 Å². The summed E-state index contributed by atoms with van der Waals surface area (Å²) in [5.74, 6) is 0. The Bertz CT molecular complexity index is 602. The van der Waals surface area contributed by atoms with E-state index in [2.05, 4.69) is 44.3 Å². The van der Waals surface area contributed by atoms with Crippen molar-refractivity contribution >= 4 is 23.2 Å². The molecular weight excluding hydrogens is 301 g/mol. The lowest BCUT2D eigenvalue weighted by molar-refractivity contribution is 0.550. The van der Waals surface area contributed by atoms with Crippen molar-refractivity contribution in [3.8, 4) is 0 Å². The molecule has 0 radical (unpaired) electrons. The Morgan fingerprint density at radius 3 is 2.24 bits per heavy atom. The maximum Gasteiger partial charge on any atom is 0.0468 e.